The summed E-state index contributed by atoms with van der Waals surface area (Å²) in [5.74, 6) is 0.402. The van der Waals surface area contributed by atoms with E-state index in [0.717, 1.165) is 19.3 Å². The van der Waals surface area contributed by atoms with Crippen LogP contribution in [0.3, 0.4) is 0 Å². The molecular weight excluding hydrogens is 368 g/mol. The van der Waals surface area contributed by atoms with E-state index in [2.05, 4.69) is 15.5 Å². The van der Waals surface area contributed by atoms with Crippen LogP contribution in [0.1, 0.15) is 59.9 Å². The van der Waals surface area contributed by atoms with Gasteiger partial charge in [0.2, 0.25) is 15.9 Å². The van der Waals surface area contributed by atoms with Crippen LogP contribution in [0, 0.1) is 13.8 Å². The highest BCUT2D eigenvalue weighted by Gasteiger charge is 2.27. The van der Waals surface area contributed by atoms with Crippen molar-refractivity contribution in [3.8, 4) is 0 Å². The van der Waals surface area contributed by atoms with Crippen LogP contribution in [0.25, 0.3) is 0 Å². The monoisotopic (exact) mass is 392 g/mol. The van der Waals surface area contributed by atoms with E-state index in [9.17, 15) is 13.2 Å². The van der Waals surface area contributed by atoms with E-state index in [4.69, 9.17) is 4.52 Å². The maximum atomic E-state index is 12.9. The first-order valence-corrected chi connectivity index (χ1v) is 10.4. The molecular formula is C18H24N4O4S. The second-order valence-electron chi connectivity index (χ2n) is 6.82. The van der Waals surface area contributed by atoms with Crippen molar-refractivity contribution in [2.75, 3.05) is 13.1 Å². The van der Waals surface area contributed by atoms with E-state index >= 15 is 0 Å². The summed E-state index contributed by atoms with van der Waals surface area (Å²) in [4.78, 5) is 16.9. The van der Waals surface area contributed by atoms with E-state index in [1.165, 1.54) is 10.4 Å². The Labute approximate surface area is 159 Å². The third-order valence-electron chi connectivity index (χ3n) is 4.67. The van der Waals surface area contributed by atoms with Crippen LogP contribution in [-0.4, -0.2) is 41.9 Å². The first kappa shape index (κ1) is 19.5. The van der Waals surface area contributed by atoms with Gasteiger partial charge in [-0.1, -0.05) is 17.6 Å². The highest BCUT2D eigenvalue weighted by molar-refractivity contribution is 7.89. The average Bonchev–Trinajstić information content (AvgIpc) is 3.09. The molecule has 2 aromatic rings. The Kier molecular flexibility index (Phi) is 5.61. The number of sulfonamides is 1. The van der Waals surface area contributed by atoms with E-state index in [-0.39, 0.29) is 10.8 Å². The topological polar surface area (TPSA) is 105 Å². The van der Waals surface area contributed by atoms with Gasteiger partial charge >= 0.3 is 0 Å². The molecule has 1 fully saturated rings. The maximum Gasteiger partial charge on any atom is 0.252 e. The standard InChI is InChI=1S/C18H24N4O4S/c1-12-7-8-15(27(24,25)22-9-5-4-6-10-22)11-16(12)17(23)19-13(2)18-20-14(3)21-26-18/h7-8,11,13H,4-6,9-10H2,1-3H3,(H,19,23). The first-order chi connectivity index (χ1) is 12.8. The molecule has 1 N–H and O–H groups in total. The molecule has 146 valence electrons. The largest absolute Gasteiger partial charge is 0.341 e. The van der Waals surface area contributed by atoms with Crippen molar-refractivity contribution < 1.29 is 17.7 Å². The number of benzene rings is 1. The lowest BCUT2D eigenvalue weighted by Crippen LogP contribution is -2.35. The number of hydrogen-bond acceptors (Lipinski definition) is 6. The minimum absolute atomic E-state index is 0.140. The van der Waals surface area contributed by atoms with Gasteiger partial charge in [-0.15, -0.1) is 0 Å². The summed E-state index contributed by atoms with van der Waals surface area (Å²) in [5, 5.41) is 6.49. The summed E-state index contributed by atoms with van der Waals surface area (Å²) < 4.78 is 32.3. The Morgan fingerprint density at radius 2 is 1.93 bits per heavy atom. The number of nitrogens with one attached hydrogen (secondary N) is 1. The summed E-state index contributed by atoms with van der Waals surface area (Å²) in [6, 6.07) is 4.18. The zero-order valence-electron chi connectivity index (χ0n) is 15.7. The highest BCUT2D eigenvalue weighted by Crippen LogP contribution is 2.23. The maximum absolute atomic E-state index is 12.9. The summed E-state index contributed by atoms with van der Waals surface area (Å²) in [6.45, 7) is 6.24. The van der Waals surface area contributed by atoms with Crippen LogP contribution in [0.5, 0.6) is 0 Å². The number of hydrogen-bond donors (Lipinski definition) is 1. The molecule has 0 saturated carbocycles. The van der Waals surface area contributed by atoms with Crippen LogP contribution in [-0.2, 0) is 10.0 Å². The fourth-order valence-electron chi connectivity index (χ4n) is 3.09. The fraction of sp³-hybridized carbons (Fsp3) is 0.500. The van der Waals surface area contributed by atoms with Crippen molar-refractivity contribution in [1.29, 1.82) is 0 Å². The molecule has 1 saturated heterocycles. The quantitative estimate of drug-likeness (QED) is 0.837. The van der Waals surface area contributed by atoms with Gasteiger partial charge in [0.15, 0.2) is 5.82 Å². The molecule has 3 rings (SSSR count). The number of carbonyl (C=O) groups excluding carboxylic acids is 1. The van der Waals surface area contributed by atoms with E-state index in [1.807, 2.05) is 0 Å². The Morgan fingerprint density at radius 1 is 1.22 bits per heavy atom. The molecule has 0 aliphatic carbocycles. The highest BCUT2D eigenvalue weighted by atomic mass is 32.2. The van der Waals surface area contributed by atoms with Crippen molar-refractivity contribution >= 4 is 15.9 Å². The molecule has 0 bridgehead atoms. The van der Waals surface area contributed by atoms with Gasteiger partial charge in [0.1, 0.15) is 6.04 Å². The molecule has 1 atom stereocenters. The second kappa shape index (κ2) is 7.77. The fourth-order valence-corrected chi connectivity index (χ4v) is 4.63. The van der Waals surface area contributed by atoms with Crippen LogP contribution in [0.15, 0.2) is 27.6 Å². The second-order valence-corrected chi connectivity index (χ2v) is 8.75. The van der Waals surface area contributed by atoms with Gasteiger partial charge in [-0.25, -0.2) is 8.42 Å². The lowest BCUT2D eigenvalue weighted by molar-refractivity contribution is 0.0931. The van der Waals surface area contributed by atoms with Crippen LogP contribution >= 0.6 is 0 Å². The molecule has 0 spiro atoms. The van der Waals surface area contributed by atoms with Crippen molar-refractivity contribution in [3.63, 3.8) is 0 Å². The Bertz CT molecular complexity index is 933. The number of rotatable bonds is 5. The van der Waals surface area contributed by atoms with Gasteiger partial charge in [-0.2, -0.15) is 9.29 Å². The Hall–Kier alpha value is -2.26. The summed E-state index contributed by atoms with van der Waals surface area (Å²) in [6.07, 6.45) is 2.76. The number of nitrogens with zero attached hydrogens (tertiary/aromatic N) is 3. The lowest BCUT2D eigenvalue weighted by Gasteiger charge is -2.26. The van der Waals surface area contributed by atoms with Gasteiger partial charge in [0.05, 0.1) is 4.90 Å². The molecule has 1 aliphatic heterocycles. The van der Waals surface area contributed by atoms with Gasteiger partial charge in [-0.3, -0.25) is 4.79 Å². The Balaban J connectivity index is 1.83. The number of aryl methyl sites for hydroxylation is 2. The molecule has 1 aromatic carbocycles. The van der Waals surface area contributed by atoms with Crippen molar-refractivity contribution in [1.82, 2.24) is 19.8 Å². The van der Waals surface area contributed by atoms with Crippen LogP contribution < -0.4 is 5.32 Å². The van der Waals surface area contributed by atoms with Gasteiger partial charge in [0, 0.05) is 18.7 Å². The molecule has 2 heterocycles. The predicted octanol–water partition coefficient (Wildman–Crippen LogP) is 2.35. The summed E-state index contributed by atoms with van der Waals surface area (Å²) >= 11 is 0. The SMILES string of the molecule is Cc1noc(C(C)NC(=O)c2cc(S(=O)(=O)N3CCCCC3)ccc2C)n1. The number of carbonyl (C=O) groups is 1. The number of amides is 1. The molecule has 8 nitrogen and oxygen atoms in total. The number of aromatic nitrogens is 2. The molecule has 1 aliphatic rings. The zero-order chi connectivity index (χ0) is 19.6. The third-order valence-corrected chi connectivity index (χ3v) is 6.56. The molecule has 1 amide bonds. The minimum atomic E-state index is -3.60. The van der Waals surface area contributed by atoms with E-state index < -0.39 is 16.1 Å². The third kappa shape index (κ3) is 4.19. The smallest absolute Gasteiger partial charge is 0.252 e. The minimum Gasteiger partial charge on any atom is -0.341 e. The van der Waals surface area contributed by atoms with Gasteiger partial charge in [0.25, 0.3) is 5.91 Å². The van der Waals surface area contributed by atoms with Crippen molar-refractivity contribution in [2.45, 2.75) is 51.0 Å². The summed E-state index contributed by atoms with van der Waals surface area (Å²) in [5.41, 5.74) is 1.01. The van der Waals surface area contributed by atoms with Crippen molar-refractivity contribution in [2.24, 2.45) is 0 Å². The summed E-state index contributed by atoms with van der Waals surface area (Å²) in [7, 11) is -3.60. The van der Waals surface area contributed by atoms with Crippen LogP contribution in [0.4, 0.5) is 0 Å². The Morgan fingerprint density at radius 3 is 2.56 bits per heavy atom. The number of piperidine rings is 1. The van der Waals surface area contributed by atoms with Gasteiger partial charge < -0.3 is 9.84 Å². The zero-order valence-corrected chi connectivity index (χ0v) is 16.5. The van der Waals surface area contributed by atoms with Crippen molar-refractivity contribution in [3.05, 3.63) is 41.0 Å². The molecule has 0 radical (unpaired) electrons. The molecule has 9 heteroatoms. The average molecular weight is 392 g/mol. The first-order valence-electron chi connectivity index (χ1n) is 9.01. The van der Waals surface area contributed by atoms with E-state index in [1.54, 1.807) is 32.9 Å². The van der Waals surface area contributed by atoms with Crippen LogP contribution in [0.2, 0.25) is 0 Å². The molecule has 1 aromatic heterocycles. The van der Waals surface area contributed by atoms with Gasteiger partial charge in [-0.05, 0) is 51.3 Å². The van der Waals surface area contributed by atoms with E-state index in [0.29, 0.717) is 35.9 Å². The lowest BCUT2D eigenvalue weighted by atomic mass is 10.1. The molecule has 27 heavy (non-hydrogen) atoms. The normalized spacial score (nSPS) is 16.9. The molecule has 1 unspecified atom stereocenters. The predicted molar refractivity (Wildman–Crippen MR) is 98.7 cm³/mol.